The maximum absolute atomic E-state index is 12.2. The Kier molecular flexibility index (Phi) is 5.95. The lowest BCUT2D eigenvalue weighted by atomic mass is 9.95. The molecule has 2 aromatic rings. The first-order chi connectivity index (χ1) is 11.6. The first-order valence-electron chi connectivity index (χ1n) is 8.27. The van der Waals surface area contributed by atoms with Crippen LogP contribution in [0.3, 0.4) is 0 Å². The Bertz CT molecular complexity index is 762. The van der Waals surface area contributed by atoms with Crippen molar-refractivity contribution in [3.63, 3.8) is 0 Å². The SMILES string of the molecule is Cc1cccc(Cc2cnc(NC(=O)C(C)NC(=O)C(C)(C)C)s2)c1. The number of hydrogen-bond acceptors (Lipinski definition) is 4. The molecule has 0 saturated carbocycles. The maximum Gasteiger partial charge on any atom is 0.248 e. The Balaban J connectivity index is 1.94. The molecule has 0 radical (unpaired) electrons. The average Bonchev–Trinajstić information content (AvgIpc) is 2.93. The molecule has 1 heterocycles. The second-order valence-corrected chi connectivity index (χ2v) is 8.35. The number of rotatable bonds is 5. The molecule has 0 fully saturated rings. The molecular weight excluding hydrogens is 334 g/mol. The molecule has 134 valence electrons. The van der Waals surface area contributed by atoms with Gasteiger partial charge in [0.05, 0.1) is 0 Å². The monoisotopic (exact) mass is 359 g/mol. The first kappa shape index (κ1) is 19.1. The molecule has 1 unspecified atom stereocenters. The minimum absolute atomic E-state index is 0.158. The summed E-state index contributed by atoms with van der Waals surface area (Å²) < 4.78 is 0. The van der Waals surface area contributed by atoms with Gasteiger partial charge >= 0.3 is 0 Å². The van der Waals surface area contributed by atoms with Gasteiger partial charge in [-0.2, -0.15) is 0 Å². The molecule has 0 bridgehead atoms. The first-order valence-corrected chi connectivity index (χ1v) is 9.09. The largest absolute Gasteiger partial charge is 0.344 e. The van der Waals surface area contributed by atoms with E-state index in [1.807, 2.05) is 26.8 Å². The molecule has 1 atom stereocenters. The van der Waals surface area contributed by atoms with Gasteiger partial charge in [0.1, 0.15) is 6.04 Å². The third-order valence-electron chi connectivity index (χ3n) is 3.67. The summed E-state index contributed by atoms with van der Waals surface area (Å²) in [5, 5.41) is 6.03. The van der Waals surface area contributed by atoms with Crippen molar-refractivity contribution in [2.24, 2.45) is 5.41 Å². The summed E-state index contributed by atoms with van der Waals surface area (Å²) in [6.45, 7) is 9.16. The van der Waals surface area contributed by atoms with Crippen LogP contribution in [0, 0.1) is 12.3 Å². The molecule has 0 saturated heterocycles. The van der Waals surface area contributed by atoms with Gasteiger partial charge in [0.15, 0.2) is 5.13 Å². The summed E-state index contributed by atoms with van der Waals surface area (Å²) in [5.74, 6) is -0.427. The third-order valence-corrected chi connectivity index (χ3v) is 4.58. The predicted octanol–water partition coefficient (Wildman–Crippen LogP) is 3.53. The Labute approximate surface area is 152 Å². The highest BCUT2D eigenvalue weighted by Gasteiger charge is 2.25. The highest BCUT2D eigenvalue weighted by Crippen LogP contribution is 2.22. The van der Waals surface area contributed by atoms with Gasteiger partial charge in [-0.05, 0) is 19.4 Å². The molecule has 2 N–H and O–H groups in total. The standard InChI is InChI=1S/C19H25N3O2S/c1-12-7-6-8-14(9-12)10-15-11-20-18(25-15)22-16(23)13(2)21-17(24)19(3,4)5/h6-9,11,13H,10H2,1-5H3,(H,21,24)(H,20,22,23). The minimum atomic E-state index is -0.615. The van der Waals surface area contributed by atoms with Gasteiger partial charge in [0.25, 0.3) is 0 Å². The summed E-state index contributed by atoms with van der Waals surface area (Å²) in [5.41, 5.74) is 1.91. The van der Waals surface area contributed by atoms with Crippen LogP contribution in [0.1, 0.15) is 43.7 Å². The van der Waals surface area contributed by atoms with E-state index in [2.05, 4.69) is 40.7 Å². The van der Waals surface area contributed by atoms with Crippen LogP contribution in [0.15, 0.2) is 30.5 Å². The van der Waals surface area contributed by atoms with Crippen molar-refractivity contribution < 1.29 is 9.59 Å². The quantitative estimate of drug-likeness (QED) is 0.858. The third kappa shape index (κ3) is 5.67. The molecule has 1 aromatic heterocycles. The Hall–Kier alpha value is -2.21. The van der Waals surface area contributed by atoms with Crippen molar-refractivity contribution in [3.8, 4) is 0 Å². The summed E-state index contributed by atoms with van der Waals surface area (Å²) >= 11 is 1.45. The normalized spacial score (nSPS) is 12.5. The number of hydrogen-bond donors (Lipinski definition) is 2. The van der Waals surface area contributed by atoms with E-state index in [0.29, 0.717) is 5.13 Å². The molecule has 2 amide bonds. The van der Waals surface area contributed by atoms with E-state index in [4.69, 9.17) is 0 Å². The lowest BCUT2D eigenvalue weighted by molar-refractivity contribution is -0.131. The lowest BCUT2D eigenvalue weighted by Crippen LogP contribution is -2.46. The fourth-order valence-corrected chi connectivity index (χ4v) is 3.01. The minimum Gasteiger partial charge on any atom is -0.344 e. The molecule has 0 aliphatic carbocycles. The molecule has 1 aromatic carbocycles. The molecule has 5 nitrogen and oxygen atoms in total. The van der Waals surface area contributed by atoms with E-state index >= 15 is 0 Å². The fraction of sp³-hybridized carbons (Fsp3) is 0.421. The van der Waals surface area contributed by atoms with Crippen LogP contribution in [0.2, 0.25) is 0 Å². The van der Waals surface area contributed by atoms with Gasteiger partial charge in [-0.25, -0.2) is 4.98 Å². The van der Waals surface area contributed by atoms with Crippen LogP contribution in [-0.4, -0.2) is 22.8 Å². The lowest BCUT2D eigenvalue weighted by Gasteiger charge is -2.21. The smallest absolute Gasteiger partial charge is 0.248 e. The number of nitrogens with one attached hydrogen (secondary N) is 2. The van der Waals surface area contributed by atoms with Crippen LogP contribution in [0.5, 0.6) is 0 Å². The van der Waals surface area contributed by atoms with Crippen molar-refractivity contribution in [1.82, 2.24) is 10.3 Å². The van der Waals surface area contributed by atoms with E-state index in [1.165, 1.54) is 22.5 Å². The number of benzene rings is 1. The average molecular weight is 359 g/mol. The van der Waals surface area contributed by atoms with E-state index in [9.17, 15) is 9.59 Å². The van der Waals surface area contributed by atoms with Crippen LogP contribution in [-0.2, 0) is 16.0 Å². The fourth-order valence-electron chi connectivity index (χ4n) is 2.16. The number of anilines is 1. The summed E-state index contributed by atoms with van der Waals surface area (Å²) in [4.78, 5) is 29.5. The second-order valence-electron chi connectivity index (χ2n) is 7.23. The number of carbonyl (C=O) groups is 2. The van der Waals surface area contributed by atoms with Gasteiger partial charge in [-0.15, -0.1) is 11.3 Å². The van der Waals surface area contributed by atoms with Gasteiger partial charge in [0, 0.05) is 22.9 Å². The van der Waals surface area contributed by atoms with E-state index in [1.54, 1.807) is 13.1 Å². The molecule has 0 aliphatic heterocycles. The van der Waals surface area contributed by atoms with E-state index < -0.39 is 11.5 Å². The zero-order valence-electron chi connectivity index (χ0n) is 15.3. The number of aryl methyl sites for hydroxylation is 1. The molecule has 0 spiro atoms. The molecule has 0 aliphatic rings. The summed E-state index contributed by atoms with van der Waals surface area (Å²) in [6.07, 6.45) is 2.56. The van der Waals surface area contributed by atoms with Crippen molar-refractivity contribution in [1.29, 1.82) is 0 Å². The van der Waals surface area contributed by atoms with Crippen molar-refractivity contribution in [2.45, 2.75) is 47.1 Å². The highest BCUT2D eigenvalue weighted by atomic mass is 32.1. The van der Waals surface area contributed by atoms with E-state index in [0.717, 1.165) is 11.3 Å². The highest BCUT2D eigenvalue weighted by molar-refractivity contribution is 7.15. The van der Waals surface area contributed by atoms with Gasteiger partial charge in [0.2, 0.25) is 11.8 Å². The van der Waals surface area contributed by atoms with Crippen LogP contribution in [0.4, 0.5) is 5.13 Å². The number of carbonyl (C=O) groups excluding carboxylic acids is 2. The van der Waals surface area contributed by atoms with Crippen LogP contribution < -0.4 is 10.6 Å². The van der Waals surface area contributed by atoms with Crippen molar-refractivity contribution in [3.05, 3.63) is 46.5 Å². The molecule has 6 heteroatoms. The number of aromatic nitrogens is 1. The van der Waals surface area contributed by atoms with Gasteiger partial charge in [-0.1, -0.05) is 50.6 Å². The predicted molar refractivity (Wildman–Crippen MR) is 102 cm³/mol. The number of amides is 2. The molecule has 2 rings (SSSR count). The van der Waals surface area contributed by atoms with Crippen LogP contribution in [0.25, 0.3) is 0 Å². The van der Waals surface area contributed by atoms with Gasteiger partial charge in [-0.3, -0.25) is 9.59 Å². The van der Waals surface area contributed by atoms with Crippen LogP contribution >= 0.6 is 11.3 Å². The summed E-state index contributed by atoms with van der Waals surface area (Å²) in [7, 11) is 0. The Morgan fingerprint density at radius 2 is 2.00 bits per heavy atom. The zero-order valence-corrected chi connectivity index (χ0v) is 16.2. The van der Waals surface area contributed by atoms with Crippen molar-refractivity contribution in [2.75, 3.05) is 5.32 Å². The molecular formula is C19H25N3O2S. The number of nitrogens with zero attached hydrogens (tertiary/aromatic N) is 1. The van der Waals surface area contributed by atoms with Gasteiger partial charge < -0.3 is 10.6 Å². The number of thiazole rings is 1. The molecule has 25 heavy (non-hydrogen) atoms. The second kappa shape index (κ2) is 7.78. The Morgan fingerprint density at radius 3 is 2.64 bits per heavy atom. The zero-order chi connectivity index (χ0) is 18.6. The van der Waals surface area contributed by atoms with Crippen molar-refractivity contribution >= 4 is 28.3 Å². The summed E-state index contributed by atoms with van der Waals surface area (Å²) in [6, 6.07) is 7.70. The Morgan fingerprint density at radius 1 is 1.28 bits per heavy atom. The topological polar surface area (TPSA) is 71.1 Å². The van der Waals surface area contributed by atoms with E-state index in [-0.39, 0.29) is 11.8 Å². The maximum atomic E-state index is 12.2.